The maximum atomic E-state index is 10.9. The Hall–Kier alpha value is -1.36. The van der Waals surface area contributed by atoms with Crippen LogP contribution in [0.3, 0.4) is 0 Å². The highest BCUT2D eigenvalue weighted by Crippen LogP contribution is 2.30. The van der Waals surface area contributed by atoms with Crippen LogP contribution in [-0.4, -0.2) is 53.5 Å². The lowest BCUT2D eigenvalue weighted by molar-refractivity contribution is -0.138. The summed E-state index contributed by atoms with van der Waals surface area (Å²) in [6, 6.07) is -0.0984. The van der Waals surface area contributed by atoms with Crippen LogP contribution in [0.2, 0.25) is 0 Å². The summed E-state index contributed by atoms with van der Waals surface area (Å²) in [5, 5.41) is 12.3. The van der Waals surface area contributed by atoms with E-state index >= 15 is 0 Å². The molecule has 0 spiro atoms. The Bertz CT molecular complexity index is 389. The smallest absolute Gasteiger partial charge is 0.328 e. The van der Waals surface area contributed by atoms with Gasteiger partial charge in [-0.2, -0.15) is 0 Å². The van der Waals surface area contributed by atoms with Gasteiger partial charge in [-0.1, -0.05) is 6.08 Å². The average Bonchev–Trinajstić information content (AvgIpc) is 2.66. The van der Waals surface area contributed by atoms with Gasteiger partial charge in [0.05, 0.1) is 0 Å². The van der Waals surface area contributed by atoms with Gasteiger partial charge in [-0.3, -0.25) is 4.99 Å². The van der Waals surface area contributed by atoms with Crippen molar-refractivity contribution in [3.8, 4) is 0 Å². The van der Waals surface area contributed by atoms with Crippen molar-refractivity contribution < 1.29 is 9.90 Å². The minimum absolute atomic E-state index is 0.478. The molecule has 2 unspecified atom stereocenters. The van der Waals surface area contributed by atoms with E-state index in [1.807, 2.05) is 0 Å². The highest BCUT2D eigenvalue weighted by molar-refractivity contribution is 6.03. The van der Waals surface area contributed by atoms with Gasteiger partial charge in [-0.15, -0.1) is 0 Å². The summed E-state index contributed by atoms with van der Waals surface area (Å²) in [6.07, 6.45) is 3.61. The number of nitrogens with one attached hydrogen (secondary N) is 1. The Morgan fingerprint density at radius 2 is 2.50 bits per heavy atom. The summed E-state index contributed by atoms with van der Waals surface area (Å²) >= 11 is 0. The van der Waals surface area contributed by atoms with E-state index in [4.69, 9.17) is 5.11 Å². The molecule has 86 valence electrons. The summed E-state index contributed by atoms with van der Waals surface area (Å²) in [4.78, 5) is 17.6. The molecule has 0 radical (unpaired) electrons. The average molecular weight is 221 g/mol. The summed E-state index contributed by atoms with van der Waals surface area (Å²) in [7, 11) is 0. The molecular formula is C11H15N3O2. The summed E-state index contributed by atoms with van der Waals surface area (Å²) in [5.74, 6) is 0.117. The third kappa shape index (κ3) is 1.43. The van der Waals surface area contributed by atoms with Crippen LogP contribution in [0.4, 0.5) is 0 Å². The molecule has 2 atom stereocenters. The number of hydrogen-bond donors (Lipinski definition) is 2. The lowest BCUT2D eigenvalue weighted by Gasteiger charge is -2.32. The van der Waals surface area contributed by atoms with Crippen LogP contribution in [0.1, 0.15) is 12.8 Å². The van der Waals surface area contributed by atoms with E-state index in [9.17, 15) is 4.79 Å². The number of fused-ring (bicyclic) bond motifs is 3. The maximum absolute atomic E-state index is 10.9. The number of amidine groups is 1. The molecule has 16 heavy (non-hydrogen) atoms. The quantitative estimate of drug-likeness (QED) is 0.646. The standard InChI is InChI=1S/C11H15N3O2/c15-11(16)9-2-1-7-5-8-6-12-3-4-14(8)10(7)13-9/h1,8-9,12H,2-6H2,(H,15,16). The van der Waals surface area contributed by atoms with Gasteiger partial charge in [0, 0.05) is 25.7 Å². The molecule has 2 N–H and O–H groups in total. The van der Waals surface area contributed by atoms with Gasteiger partial charge in [-0.25, -0.2) is 4.79 Å². The minimum atomic E-state index is -0.818. The highest BCUT2D eigenvalue weighted by Gasteiger charge is 2.37. The van der Waals surface area contributed by atoms with E-state index in [-0.39, 0.29) is 0 Å². The predicted molar refractivity (Wildman–Crippen MR) is 59.5 cm³/mol. The molecule has 0 aliphatic carbocycles. The van der Waals surface area contributed by atoms with E-state index in [1.54, 1.807) is 0 Å². The Morgan fingerprint density at radius 3 is 3.31 bits per heavy atom. The fourth-order valence-electron chi connectivity index (χ4n) is 2.69. The Labute approximate surface area is 93.8 Å². The van der Waals surface area contributed by atoms with Crippen LogP contribution in [0.5, 0.6) is 0 Å². The molecule has 0 aromatic rings. The summed E-state index contributed by atoms with van der Waals surface area (Å²) in [5.41, 5.74) is 1.24. The molecule has 3 heterocycles. The molecule has 3 aliphatic rings. The van der Waals surface area contributed by atoms with Crippen LogP contribution in [0.15, 0.2) is 16.6 Å². The van der Waals surface area contributed by atoms with Gasteiger partial charge in [0.2, 0.25) is 0 Å². The molecule has 0 saturated carbocycles. The van der Waals surface area contributed by atoms with Crippen molar-refractivity contribution in [2.75, 3.05) is 19.6 Å². The third-order valence-electron chi connectivity index (χ3n) is 3.52. The van der Waals surface area contributed by atoms with E-state index in [2.05, 4.69) is 21.3 Å². The maximum Gasteiger partial charge on any atom is 0.328 e. The van der Waals surface area contributed by atoms with Gasteiger partial charge in [0.15, 0.2) is 6.04 Å². The van der Waals surface area contributed by atoms with Crippen LogP contribution < -0.4 is 5.32 Å². The third-order valence-corrected chi connectivity index (χ3v) is 3.52. The number of carboxylic acid groups (broad SMARTS) is 1. The highest BCUT2D eigenvalue weighted by atomic mass is 16.4. The van der Waals surface area contributed by atoms with Crippen molar-refractivity contribution in [3.05, 3.63) is 11.6 Å². The lowest BCUT2D eigenvalue weighted by atomic mass is 10.0. The summed E-state index contributed by atoms with van der Waals surface area (Å²) in [6.45, 7) is 2.88. The molecule has 0 amide bonds. The number of aliphatic carboxylic acids is 1. The van der Waals surface area contributed by atoms with Crippen molar-refractivity contribution in [1.82, 2.24) is 10.2 Å². The van der Waals surface area contributed by atoms with Crippen molar-refractivity contribution >= 4 is 11.8 Å². The van der Waals surface area contributed by atoms with Crippen molar-refractivity contribution in [2.24, 2.45) is 4.99 Å². The number of hydrogen-bond acceptors (Lipinski definition) is 4. The molecule has 0 aromatic heterocycles. The van der Waals surface area contributed by atoms with Gasteiger partial charge >= 0.3 is 5.97 Å². The van der Waals surface area contributed by atoms with Crippen molar-refractivity contribution in [2.45, 2.75) is 24.9 Å². The number of piperazine rings is 1. The lowest BCUT2D eigenvalue weighted by Crippen LogP contribution is -2.49. The Morgan fingerprint density at radius 1 is 1.62 bits per heavy atom. The second-order valence-electron chi connectivity index (χ2n) is 4.53. The fraction of sp³-hybridized carbons (Fsp3) is 0.636. The van der Waals surface area contributed by atoms with E-state index < -0.39 is 12.0 Å². The zero-order valence-electron chi connectivity index (χ0n) is 9.02. The molecule has 0 bridgehead atoms. The molecule has 3 rings (SSSR count). The first kappa shape index (κ1) is 9.84. The van der Waals surface area contributed by atoms with E-state index in [0.29, 0.717) is 12.5 Å². The number of nitrogens with zero attached hydrogens (tertiary/aromatic N) is 2. The van der Waals surface area contributed by atoms with Crippen LogP contribution in [0.25, 0.3) is 0 Å². The Kier molecular flexibility index (Phi) is 2.21. The molecule has 5 nitrogen and oxygen atoms in total. The fourth-order valence-corrected chi connectivity index (χ4v) is 2.69. The van der Waals surface area contributed by atoms with Crippen molar-refractivity contribution in [1.29, 1.82) is 0 Å². The van der Waals surface area contributed by atoms with Gasteiger partial charge in [-0.05, 0) is 18.4 Å². The minimum Gasteiger partial charge on any atom is -0.480 e. The molecule has 0 aromatic carbocycles. The second-order valence-corrected chi connectivity index (χ2v) is 4.53. The number of rotatable bonds is 1. The van der Waals surface area contributed by atoms with Gasteiger partial charge in [0.25, 0.3) is 0 Å². The first-order valence-corrected chi connectivity index (χ1v) is 5.73. The monoisotopic (exact) mass is 221 g/mol. The zero-order valence-corrected chi connectivity index (χ0v) is 9.02. The molecule has 5 heteroatoms. The first-order valence-electron chi connectivity index (χ1n) is 5.73. The molecular weight excluding hydrogens is 206 g/mol. The topological polar surface area (TPSA) is 64.9 Å². The number of dihydropyridines is 1. The van der Waals surface area contributed by atoms with Gasteiger partial charge in [0.1, 0.15) is 5.84 Å². The molecule has 2 saturated heterocycles. The van der Waals surface area contributed by atoms with E-state index in [1.165, 1.54) is 5.57 Å². The number of carbonyl (C=O) groups is 1. The first-order chi connectivity index (χ1) is 7.75. The van der Waals surface area contributed by atoms with Gasteiger partial charge < -0.3 is 15.3 Å². The largest absolute Gasteiger partial charge is 0.480 e. The second kappa shape index (κ2) is 3.59. The Balaban J connectivity index is 1.89. The number of carboxylic acids is 1. The normalized spacial score (nSPS) is 32.6. The predicted octanol–water partition coefficient (Wildman–Crippen LogP) is -0.154. The van der Waals surface area contributed by atoms with Crippen LogP contribution >= 0.6 is 0 Å². The molecule has 2 fully saturated rings. The van der Waals surface area contributed by atoms with E-state index in [0.717, 1.165) is 31.9 Å². The SMILES string of the molecule is O=C(O)C1CC=C2CC3CNCCN3C2=N1. The van der Waals surface area contributed by atoms with Crippen molar-refractivity contribution in [3.63, 3.8) is 0 Å². The molecule has 3 aliphatic heterocycles. The number of aliphatic imine (C=N–C) groups is 1. The summed E-state index contributed by atoms with van der Waals surface area (Å²) < 4.78 is 0. The van der Waals surface area contributed by atoms with Crippen LogP contribution in [-0.2, 0) is 4.79 Å². The zero-order chi connectivity index (χ0) is 11.1. The van der Waals surface area contributed by atoms with Crippen LogP contribution in [0, 0.1) is 0 Å².